The Morgan fingerprint density at radius 2 is 0.705 bits per heavy atom. The third-order valence-corrected chi connectivity index (χ3v) is 17.5. The van der Waals surface area contributed by atoms with E-state index in [9.17, 15) is 35.5 Å². The molecule has 0 amide bonds. The van der Waals surface area contributed by atoms with Crippen LogP contribution < -0.4 is 137 Å². The Hall–Kier alpha value is -9.36. The molecule has 8 heterocycles. The number of carbonyl (C=O) groups is 2. The number of benzene rings is 6. The van der Waals surface area contributed by atoms with Gasteiger partial charge in [-0.2, -0.15) is 24.3 Å². The quantitative estimate of drug-likeness (QED) is 0.0511. The fourth-order valence-corrected chi connectivity index (χ4v) is 12.1. The van der Waals surface area contributed by atoms with Crippen molar-refractivity contribution in [3.8, 4) is 91.8 Å². The maximum atomic E-state index is 13.1. The Morgan fingerprint density at radius 1 is 0.357 bits per heavy atom. The fourth-order valence-electron chi connectivity index (χ4n) is 10.6. The van der Waals surface area contributed by atoms with Gasteiger partial charge >= 0.3 is 139 Å². The third-order valence-electron chi connectivity index (χ3n) is 15.6. The molecule has 112 heavy (non-hydrogen) atoms. The van der Waals surface area contributed by atoms with Gasteiger partial charge in [0.05, 0.1) is 66.4 Å². The van der Waals surface area contributed by atoms with Crippen molar-refractivity contribution in [3.05, 3.63) is 300 Å². The molecule has 0 fully saturated rings. The van der Waals surface area contributed by atoms with Gasteiger partial charge in [0.1, 0.15) is 54.8 Å². The van der Waals surface area contributed by atoms with E-state index in [0.29, 0.717) is 62.6 Å². The molecule has 0 spiro atoms. The summed E-state index contributed by atoms with van der Waals surface area (Å²) < 4.78 is 145. The Bertz CT molecular complexity index is 6270. The largest absolute Gasteiger partial charge is 1.00 e. The molecule has 0 N–H and O–H groups in total. The number of ether oxygens (including phenoxy) is 4. The van der Waals surface area contributed by atoms with Crippen LogP contribution >= 0.6 is 0 Å². The van der Waals surface area contributed by atoms with Crippen LogP contribution in [-0.2, 0) is 41.5 Å². The van der Waals surface area contributed by atoms with Crippen molar-refractivity contribution in [1.29, 1.82) is 0 Å². The zero-order valence-electron chi connectivity index (χ0n) is 60.7. The number of pyridine rings is 8. The van der Waals surface area contributed by atoms with E-state index in [1.807, 2.05) is 123 Å². The number of aryl methyl sites for hydroxylation is 4. The summed E-state index contributed by atoms with van der Waals surface area (Å²) >= 11 is 0. The second-order valence-electron chi connectivity index (χ2n) is 23.2. The molecular formula is C78H52N8Na4O18S4. The van der Waals surface area contributed by atoms with Crippen molar-refractivity contribution < 1.29 is 198 Å². The zero-order valence-corrected chi connectivity index (χ0v) is 71.9. The fraction of sp³-hybridized carbons (Fsp3) is 0.0513. The number of rotatable bonds is 18. The van der Waals surface area contributed by atoms with Crippen LogP contribution in [0.25, 0.3) is 67.4 Å². The molecule has 0 bridgehead atoms. The standard InChI is InChI=1S/2C39H27N4O6S.4Na.2O3S/c1-24-16-18-40-34(20-24)32-8-5-9-33(42-32)35-22-29(17-19-41-35)48-36-23-38(43-31-7-4-3-6-30(31)36)49-28-14-12-26(13-15-28)39(44)27-11-10-25(2)37(21-27)50(45,46)47;1-24-16-18-40-34(20-24)32-8-5-9-33(42-32)35-22-29(17-19-41-35)49-38-23-36(30-6-3-4-7-31(30)43-38)48-28-14-12-26(13-15-28)39(44)27-11-10-25(2)37(21-27)50(45,46)47;;;;;2*1-4(2)3/h2*3-14,16-23H,1-2H3,(H,45,46,47);;;;;;/q2*-1;4*+1;;/p-2. The van der Waals surface area contributed by atoms with E-state index in [1.54, 1.807) is 73.3 Å². The van der Waals surface area contributed by atoms with E-state index < -0.39 is 62.8 Å². The SMILES string of the molecule is Cc1ccnc(-c2cccc(-c3cc(Oc4cc(Oc5[c-]cc(C(=O)c6ccc(C)c(S(=O)(=O)[O-])c6)cc5)c5ccccc5n4)ccn3)n2)c1.Cc1ccnc(-c2cccc(-c3cc(Oc4cc(Oc5[c-]cc(C(=O)c6ccc(C)c(S(=O)(=O)[O-])c6)cc5)nc5ccccc45)ccn3)n2)c1.O=S(=O)=O.O=S(=O)=O.[Na+].[Na+].[Na+].[Na+]. The minimum atomic E-state index is -4.74. The van der Waals surface area contributed by atoms with Gasteiger partial charge in [0.25, 0.3) is 0 Å². The number of aromatic nitrogens is 8. The average Bonchev–Trinajstić information content (AvgIpc) is 0.805. The molecule has 0 radical (unpaired) electrons. The predicted molar refractivity (Wildman–Crippen MR) is 390 cm³/mol. The van der Waals surface area contributed by atoms with Crippen molar-refractivity contribution in [2.75, 3.05) is 0 Å². The number of carbonyl (C=O) groups excluding carboxylic acids is 2. The topological polar surface area (TPSA) is 391 Å². The summed E-state index contributed by atoms with van der Waals surface area (Å²) in [5.74, 6) is 2.11. The van der Waals surface area contributed by atoms with Crippen molar-refractivity contribution in [2.24, 2.45) is 0 Å². The smallest absolute Gasteiger partial charge is 0.744 e. The van der Waals surface area contributed by atoms with Gasteiger partial charge in [0, 0.05) is 82.5 Å². The first-order valence-corrected chi connectivity index (χ1v) is 36.5. The second-order valence-corrected chi connectivity index (χ2v) is 26.7. The van der Waals surface area contributed by atoms with Gasteiger partial charge in [0.15, 0.2) is 0 Å². The molecule has 14 aromatic rings. The van der Waals surface area contributed by atoms with E-state index in [1.165, 1.54) is 62.4 Å². The second kappa shape index (κ2) is 40.9. The molecular weight excluding hydrogens is 1560 g/mol. The van der Waals surface area contributed by atoms with Gasteiger partial charge < -0.3 is 37.6 Å². The van der Waals surface area contributed by atoms with Crippen molar-refractivity contribution in [2.45, 2.75) is 37.5 Å². The molecule has 0 aliphatic heterocycles. The summed E-state index contributed by atoms with van der Waals surface area (Å²) in [7, 11) is -15.7. The van der Waals surface area contributed by atoms with Gasteiger partial charge in [0.2, 0.25) is 11.8 Å². The summed E-state index contributed by atoms with van der Waals surface area (Å²) in [5.41, 5.74) is 10.1. The molecule has 540 valence electrons. The molecule has 0 aliphatic rings. The molecule has 0 saturated carbocycles. The Labute approximate surface area is 733 Å². The summed E-state index contributed by atoms with van der Waals surface area (Å²) in [6.07, 6.45) is 6.80. The zero-order chi connectivity index (χ0) is 76.8. The molecule has 0 atom stereocenters. The van der Waals surface area contributed by atoms with Gasteiger partial charge in [-0.1, -0.05) is 71.8 Å². The van der Waals surface area contributed by atoms with Gasteiger partial charge in [-0.15, -0.1) is 49.5 Å². The molecule has 14 rings (SSSR count). The monoisotopic (exact) mass is 1610 g/mol. The third kappa shape index (κ3) is 24.3. The van der Waals surface area contributed by atoms with Gasteiger partial charge in [-0.3, -0.25) is 19.9 Å². The van der Waals surface area contributed by atoms with Crippen molar-refractivity contribution in [1.82, 2.24) is 39.9 Å². The van der Waals surface area contributed by atoms with E-state index in [0.717, 1.165) is 56.8 Å². The summed E-state index contributed by atoms with van der Waals surface area (Å²) in [4.78, 5) is 62.1. The maximum Gasteiger partial charge on any atom is 1.00 e. The number of hydrogen-bond acceptors (Lipinski definition) is 26. The normalized spacial score (nSPS) is 10.6. The van der Waals surface area contributed by atoms with Crippen LogP contribution in [0.15, 0.2) is 253 Å². The first-order valence-electron chi connectivity index (χ1n) is 31.7. The summed E-state index contributed by atoms with van der Waals surface area (Å²) in [6.45, 7) is 7.00. The van der Waals surface area contributed by atoms with E-state index in [4.69, 9.17) is 54.2 Å². The first kappa shape index (κ1) is 89.8. The van der Waals surface area contributed by atoms with Crippen LogP contribution in [-0.4, -0.2) is 103 Å². The maximum absolute atomic E-state index is 13.1. The molecule has 8 aromatic heterocycles. The number of ketones is 2. The molecule has 0 aliphatic carbocycles. The minimum Gasteiger partial charge on any atom is -0.744 e. The van der Waals surface area contributed by atoms with E-state index in [2.05, 4.69) is 42.0 Å². The van der Waals surface area contributed by atoms with Crippen LogP contribution in [0.2, 0.25) is 0 Å². The van der Waals surface area contributed by atoms with Gasteiger partial charge in [-0.05, 0) is 147 Å². The van der Waals surface area contributed by atoms with Crippen molar-refractivity contribution in [3.63, 3.8) is 0 Å². The summed E-state index contributed by atoms with van der Waals surface area (Å²) in [5, 5.41) is 1.48. The van der Waals surface area contributed by atoms with Crippen LogP contribution in [0, 0.1) is 39.8 Å². The average molecular weight is 1610 g/mol. The number of hydrogen-bond donors (Lipinski definition) is 0. The van der Waals surface area contributed by atoms with Crippen molar-refractivity contribution >= 4 is 74.8 Å². The van der Waals surface area contributed by atoms with Crippen LogP contribution in [0.5, 0.6) is 46.3 Å². The van der Waals surface area contributed by atoms with Gasteiger partial charge in [-0.25, -0.2) is 36.8 Å². The molecule has 6 aromatic carbocycles. The predicted octanol–water partition coefficient (Wildman–Crippen LogP) is 1.79. The van der Waals surface area contributed by atoms with Crippen LogP contribution in [0.1, 0.15) is 54.1 Å². The Kier molecular flexibility index (Phi) is 32.8. The number of para-hydroxylation sites is 2. The van der Waals surface area contributed by atoms with E-state index in [-0.39, 0.29) is 169 Å². The number of nitrogens with zero attached hydrogens (tertiary/aromatic N) is 8. The molecule has 26 nitrogen and oxygen atoms in total. The minimum absolute atomic E-state index is 0. The Balaban J connectivity index is 0.000000275. The molecule has 0 saturated heterocycles. The molecule has 34 heteroatoms. The van der Waals surface area contributed by atoms with Crippen LogP contribution in [0.3, 0.4) is 0 Å². The summed E-state index contributed by atoms with van der Waals surface area (Å²) in [6, 6.07) is 67.4. The molecule has 0 unspecified atom stereocenters. The first-order chi connectivity index (χ1) is 51.7. The number of fused-ring (bicyclic) bond motifs is 2. The van der Waals surface area contributed by atoms with E-state index >= 15 is 0 Å². The Morgan fingerprint density at radius 3 is 1.09 bits per heavy atom. The van der Waals surface area contributed by atoms with Crippen LogP contribution in [0.4, 0.5) is 0 Å².